The van der Waals surface area contributed by atoms with Gasteiger partial charge in [-0.15, -0.1) is 0 Å². The van der Waals surface area contributed by atoms with E-state index in [1.165, 1.54) is 21.3 Å². The number of aliphatic carboxylic acids is 1. The van der Waals surface area contributed by atoms with Crippen molar-refractivity contribution >= 4 is 23.4 Å². The van der Waals surface area contributed by atoms with Crippen LogP contribution < -0.4 is 15.9 Å². The summed E-state index contributed by atoms with van der Waals surface area (Å²) in [6, 6.07) is 11.2. The molecule has 0 atom stereocenters. The fourth-order valence-corrected chi connectivity index (χ4v) is 4.48. The maximum Gasteiger partial charge on any atom is 0.332 e. The first kappa shape index (κ1) is 26.9. The van der Waals surface area contributed by atoms with Gasteiger partial charge in [0.25, 0.3) is 5.97 Å². The molecule has 11 heteroatoms. The van der Waals surface area contributed by atoms with E-state index in [9.17, 15) is 14.3 Å². The molecule has 5 rings (SSSR count). The van der Waals surface area contributed by atoms with Gasteiger partial charge in [-0.1, -0.05) is 17.7 Å². The predicted molar refractivity (Wildman–Crippen MR) is 145 cm³/mol. The molecule has 1 fully saturated rings. The van der Waals surface area contributed by atoms with Crippen molar-refractivity contribution < 1.29 is 19.4 Å². The Kier molecular flexibility index (Phi) is 8.13. The number of aromatic nitrogens is 3. The van der Waals surface area contributed by atoms with Crippen molar-refractivity contribution in [1.29, 1.82) is 0 Å². The quantitative estimate of drug-likeness (QED) is 0.360. The second-order valence-electron chi connectivity index (χ2n) is 8.74. The fraction of sp³-hybridized carbons (Fsp3) is 0.222. The second kappa shape index (κ2) is 11.5. The molecule has 198 valence electrons. The first-order valence-electron chi connectivity index (χ1n) is 11.8. The number of halogens is 2. The molecule has 9 nitrogen and oxygen atoms in total. The van der Waals surface area contributed by atoms with Gasteiger partial charge < -0.3 is 25.0 Å². The zero-order valence-corrected chi connectivity index (χ0v) is 21.6. The van der Waals surface area contributed by atoms with Gasteiger partial charge in [-0.25, -0.2) is 14.2 Å². The summed E-state index contributed by atoms with van der Waals surface area (Å²) in [6.07, 6.45) is 4.93. The van der Waals surface area contributed by atoms with Gasteiger partial charge in [0, 0.05) is 69.9 Å². The molecule has 2 aromatic heterocycles. The average Bonchev–Trinajstić information content (AvgIpc) is 3.23. The highest BCUT2D eigenvalue weighted by Crippen LogP contribution is 2.40. The maximum absolute atomic E-state index is 14.7. The van der Waals surface area contributed by atoms with Crippen LogP contribution in [-0.2, 0) is 11.8 Å². The van der Waals surface area contributed by atoms with Crippen LogP contribution in [0.1, 0.15) is 6.92 Å². The largest absolute Gasteiger partial charge is 0.507 e. The molecule has 0 unspecified atom stereocenters. The zero-order chi connectivity index (χ0) is 27.4. The molecule has 0 spiro atoms. The Bertz CT molecular complexity index is 1520. The lowest BCUT2D eigenvalue weighted by atomic mass is 9.97. The number of nitrogens with one attached hydrogen (secondary N) is 1. The van der Waals surface area contributed by atoms with Crippen LogP contribution >= 0.6 is 11.6 Å². The molecule has 0 saturated carbocycles. The average molecular weight is 540 g/mol. The molecule has 0 bridgehead atoms. The molecule has 0 aliphatic carbocycles. The standard InChI is InChI=1S/C25H23ClFN5O2.C2H4O2/c1-30-10-11-32(25(30)34)22-3-2-16(12-21(22)26)19-14-18(27)15-20(24(19)33)17-4-5-29-23(13-17)31-8-6-28-7-9-31;1-2(3)4/h2-5,10-15,28,33H,6-9H2,1H3;1H3,(H,3,4). The Morgan fingerprint density at radius 3 is 2.26 bits per heavy atom. The molecule has 4 aromatic rings. The molecular formula is C27H27ClFN5O4. The number of pyridine rings is 1. The summed E-state index contributed by atoms with van der Waals surface area (Å²) < 4.78 is 17.6. The molecule has 2 aromatic carbocycles. The molecular weight excluding hydrogens is 513 g/mol. The summed E-state index contributed by atoms with van der Waals surface area (Å²) in [5, 5.41) is 22.2. The fourth-order valence-electron chi connectivity index (χ4n) is 4.21. The molecule has 1 aliphatic heterocycles. The Morgan fingerprint density at radius 1 is 1.05 bits per heavy atom. The highest BCUT2D eigenvalue weighted by Gasteiger charge is 2.18. The minimum absolute atomic E-state index is 0.0560. The number of carboxylic acids is 1. The van der Waals surface area contributed by atoms with Gasteiger partial charge in [0.05, 0.1) is 10.7 Å². The Hall–Kier alpha value is -4.15. The number of rotatable bonds is 4. The van der Waals surface area contributed by atoms with Gasteiger partial charge in [0.1, 0.15) is 17.4 Å². The van der Waals surface area contributed by atoms with Crippen molar-refractivity contribution in [2.45, 2.75) is 6.92 Å². The second-order valence-corrected chi connectivity index (χ2v) is 9.14. The van der Waals surface area contributed by atoms with Crippen LogP contribution in [0.25, 0.3) is 27.9 Å². The summed E-state index contributed by atoms with van der Waals surface area (Å²) in [7, 11) is 1.65. The van der Waals surface area contributed by atoms with Gasteiger partial charge in [-0.05, 0) is 47.5 Å². The van der Waals surface area contributed by atoms with Crippen LogP contribution in [0.4, 0.5) is 10.2 Å². The zero-order valence-electron chi connectivity index (χ0n) is 20.9. The van der Waals surface area contributed by atoms with Crippen LogP contribution in [0.3, 0.4) is 0 Å². The van der Waals surface area contributed by atoms with E-state index in [1.807, 2.05) is 6.07 Å². The summed E-state index contributed by atoms with van der Waals surface area (Å²) in [5.74, 6) is -0.590. The number of piperazine rings is 1. The Labute approximate surface area is 223 Å². The van der Waals surface area contributed by atoms with Crippen molar-refractivity contribution in [3.05, 3.63) is 82.4 Å². The number of aryl methyl sites for hydroxylation is 1. The summed E-state index contributed by atoms with van der Waals surface area (Å²) in [5.41, 5.74) is 2.15. The van der Waals surface area contributed by atoms with Crippen molar-refractivity contribution in [2.24, 2.45) is 7.05 Å². The van der Waals surface area contributed by atoms with E-state index in [1.54, 1.807) is 49.9 Å². The van der Waals surface area contributed by atoms with Crippen LogP contribution in [0.15, 0.2) is 65.8 Å². The van der Waals surface area contributed by atoms with Crippen LogP contribution in [0.5, 0.6) is 5.75 Å². The van der Waals surface area contributed by atoms with E-state index in [0.717, 1.165) is 38.9 Å². The van der Waals surface area contributed by atoms with Crippen molar-refractivity contribution in [3.8, 4) is 33.7 Å². The third-order valence-electron chi connectivity index (χ3n) is 6.04. The molecule has 1 saturated heterocycles. The Morgan fingerprint density at radius 2 is 1.68 bits per heavy atom. The third-order valence-corrected chi connectivity index (χ3v) is 6.34. The number of aromatic hydroxyl groups is 1. The smallest absolute Gasteiger partial charge is 0.332 e. The van der Waals surface area contributed by atoms with Gasteiger partial charge in [-0.2, -0.15) is 0 Å². The highest BCUT2D eigenvalue weighted by atomic mass is 35.5. The minimum atomic E-state index is -0.833. The van der Waals surface area contributed by atoms with Crippen molar-refractivity contribution in [2.75, 3.05) is 31.1 Å². The molecule has 3 N–H and O–H groups in total. The molecule has 0 radical (unpaired) electrons. The SMILES string of the molecule is CC(=O)O.Cn1ccn(-c2ccc(-c3cc(F)cc(-c4ccnc(N5CCNCC5)c4)c3O)cc2Cl)c1=O. The van der Waals surface area contributed by atoms with Gasteiger partial charge in [-0.3, -0.25) is 9.36 Å². The van der Waals surface area contributed by atoms with Crippen molar-refractivity contribution in [1.82, 2.24) is 19.4 Å². The van der Waals surface area contributed by atoms with Crippen LogP contribution in [-0.4, -0.2) is 56.5 Å². The number of phenols is 1. The predicted octanol–water partition coefficient (Wildman–Crippen LogP) is 3.90. The number of nitrogens with zero attached hydrogens (tertiary/aromatic N) is 4. The van der Waals surface area contributed by atoms with E-state index in [-0.39, 0.29) is 11.4 Å². The van der Waals surface area contributed by atoms with Gasteiger partial charge in [0.15, 0.2) is 0 Å². The first-order valence-corrected chi connectivity index (χ1v) is 12.2. The third kappa shape index (κ3) is 5.87. The topological polar surface area (TPSA) is 113 Å². The number of imidazole rings is 1. The maximum atomic E-state index is 14.7. The van der Waals surface area contributed by atoms with E-state index in [4.69, 9.17) is 21.5 Å². The number of hydrogen-bond donors (Lipinski definition) is 3. The van der Waals surface area contributed by atoms with Crippen LogP contribution in [0, 0.1) is 5.82 Å². The van der Waals surface area contributed by atoms with Gasteiger partial charge >= 0.3 is 5.69 Å². The van der Waals surface area contributed by atoms with E-state index in [0.29, 0.717) is 33.0 Å². The van der Waals surface area contributed by atoms with E-state index >= 15 is 0 Å². The minimum Gasteiger partial charge on any atom is -0.507 e. The molecule has 3 heterocycles. The van der Waals surface area contributed by atoms with Crippen LogP contribution in [0.2, 0.25) is 5.02 Å². The number of carboxylic acid groups (broad SMARTS) is 1. The monoisotopic (exact) mass is 539 g/mol. The number of anilines is 1. The van der Waals surface area contributed by atoms with Gasteiger partial charge in [0.2, 0.25) is 0 Å². The first-order chi connectivity index (χ1) is 18.2. The number of hydrogen-bond acceptors (Lipinski definition) is 6. The lowest BCUT2D eigenvalue weighted by Gasteiger charge is -2.28. The van der Waals surface area contributed by atoms with E-state index < -0.39 is 11.8 Å². The number of benzene rings is 2. The highest BCUT2D eigenvalue weighted by molar-refractivity contribution is 6.32. The number of phenolic OH excluding ortho intramolecular Hbond substituents is 1. The van der Waals surface area contributed by atoms with E-state index in [2.05, 4.69) is 15.2 Å². The summed E-state index contributed by atoms with van der Waals surface area (Å²) in [6.45, 7) is 4.47. The molecule has 1 aliphatic rings. The summed E-state index contributed by atoms with van der Waals surface area (Å²) >= 11 is 6.49. The normalized spacial score (nSPS) is 13.1. The lowest BCUT2D eigenvalue weighted by Crippen LogP contribution is -2.43. The lowest BCUT2D eigenvalue weighted by molar-refractivity contribution is -0.134. The van der Waals surface area contributed by atoms with Crippen molar-refractivity contribution in [3.63, 3.8) is 0 Å². The Balaban J connectivity index is 0.000000786. The number of carbonyl (C=O) groups is 1. The summed E-state index contributed by atoms with van der Waals surface area (Å²) in [4.78, 5) is 27.9. The molecule has 38 heavy (non-hydrogen) atoms. The molecule has 0 amide bonds.